The van der Waals surface area contributed by atoms with Crippen molar-refractivity contribution in [2.75, 3.05) is 6.54 Å². The van der Waals surface area contributed by atoms with Gasteiger partial charge >= 0.3 is 13.1 Å². The van der Waals surface area contributed by atoms with Crippen molar-refractivity contribution in [3.63, 3.8) is 0 Å². The second-order valence-corrected chi connectivity index (χ2v) is 9.92. The number of imide groups is 1. The lowest BCUT2D eigenvalue weighted by atomic mass is 9.54. The van der Waals surface area contributed by atoms with Gasteiger partial charge in [-0.15, -0.1) is 0 Å². The Hall–Kier alpha value is -2.65. The number of unbranched alkanes of at least 4 members (excludes halogenated alkanes) is 2. The maximum atomic E-state index is 13.5. The number of hydrogen-bond donors (Lipinski definition) is 3. The molecule has 9 heteroatoms. The minimum absolute atomic E-state index is 0.0801. The summed E-state index contributed by atoms with van der Waals surface area (Å²) in [4.78, 5) is 38.9. The molecule has 0 saturated carbocycles. The van der Waals surface area contributed by atoms with Crippen molar-refractivity contribution in [1.29, 1.82) is 0 Å². The average molecular weight is 469 g/mol. The van der Waals surface area contributed by atoms with Crippen LogP contribution in [0.15, 0.2) is 35.3 Å². The van der Waals surface area contributed by atoms with Crippen LogP contribution in [0.3, 0.4) is 0 Å². The average Bonchev–Trinajstić information content (AvgIpc) is 3.03. The van der Waals surface area contributed by atoms with Gasteiger partial charge in [0.1, 0.15) is 5.75 Å². The molecule has 2 amide bonds. The number of amides is 2. The third-order valence-electron chi connectivity index (χ3n) is 7.47. The van der Waals surface area contributed by atoms with E-state index >= 15 is 0 Å². The number of rotatable bonds is 8. The molecule has 2 saturated heterocycles. The molecule has 4 rings (SSSR count). The second kappa shape index (κ2) is 9.92. The van der Waals surface area contributed by atoms with Crippen LogP contribution in [0.4, 0.5) is 0 Å². The highest BCUT2D eigenvalue weighted by atomic mass is 16.5. The number of phenols is 1. The number of likely N-dealkylation sites (tertiary alicyclic amines) is 1. The Bertz CT molecular complexity index is 989. The summed E-state index contributed by atoms with van der Waals surface area (Å²) in [6, 6.07) is 6.62. The van der Waals surface area contributed by atoms with Crippen molar-refractivity contribution in [3.8, 4) is 5.75 Å². The molecule has 0 spiro atoms. The maximum Gasteiger partial charge on any atom is 0.487 e. The summed E-state index contributed by atoms with van der Waals surface area (Å²) in [7, 11) is -1.15. The molecule has 182 valence electrons. The molecule has 0 radical (unpaired) electrons. The lowest BCUT2D eigenvalue weighted by Gasteiger charge is -2.43. The Morgan fingerprint density at radius 3 is 2.47 bits per heavy atom. The van der Waals surface area contributed by atoms with E-state index in [9.17, 15) is 24.5 Å². The first kappa shape index (κ1) is 24.5. The van der Waals surface area contributed by atoms with Crippen LogP contribution in [0.1, 0.15) is 64.0 Å². The first-order valence-corrected chi connectivity index (χ1v) is 12.1. The van der Waals surface area contributed by atoms with Crippen LogP contribution in [-0.4, -0.2) is 51.6 Å². The Morgan fingerprint density at radius 1 is 1.12 bits per heavy atom. The number of fused-ring (bicyclic) bond motifs is 3. The quantitative estimate of drug-likeness (QED) is 0.304. The predicted molar refractivity (Wildman–Crippen MR) is 124 cm³/mol. The van der Waals surface area contributed by atoms with Crippen molar-refractivity contribution in [3.05, 3.63) is 40.9 Å². The number of benzene rings is 1. The normalized spacial score (nSPS) is 26.8. The van der Waals surface area contributed by atoms with Crippen molar-refractivity contribution >= 4 is 24.9 Å². The van der Waals surface area contributed by atoms with Gasteiger partial charge in [-0.25, -0.2) is 0 Å². The number of aromatic hydroxyl groups is 1. The molecule has 1 aromatic rings. The summed E-state index contributed by atoms with van der Waals surface area (Å²) in [5, 5.41) is 29.4. The van der Waals surface area contributed by atoms with Gasteiger partial charge in [-0.1, -0.05) is 38.0 Å². The van der Waals surface area contributed by atoms with Crippen LogP contribution in [0.2, 0.25) is 0 Å². The molecule has 3 aliphatic rings. The summed E-state index contributed by atoms with van der Waals surface area (Å²) in [6.45, 7) is 4.35. The minimum atomic E-state index is -1.15. The monoisotopic (exact) mass is 469 g/mol. The molecule has 0 unspecified atom stereocenters. The van der Waals surface area contributed by atoms with E-state index in [1.807, 2.05) is 13.8 Å². The number of aliphatic carboxylic acids is 1. The van der Waals surface area contributed by atoms with Crippen molar-refractivity contribution in [1.82, 2.24) is 4.90 Å². The van der Waals surface area contributed by atoms with E-state index in [2.05, 4.69) is 0 Å². The van der Waals surface area contributed by atoms with Gasteiger partial charge in [0.25, 0.3) is 0 Å². The van der Waals surface area contributed by atoms with Gasteiger partial charge in [-0.3, -0.25) is 19.3 Å². The van der Waals surface area contributed by atoms with Crippen LogP contribution in [0, 0.1) is 23.7 Å². The first-order valence-electron chi connectivity index (χ1n) is 12.1. The largest absolute Gasteiger partial charge is 0.508 e. The third kappa shape index (κ3) is 4.64. The van der Waals surface area contributed by atoms with Crippen LogP contribution in [-0.2, 0) is 19.0 Å². The van der Waals surface area contributed by atoms with Gasteiger partial charge in [-0.2, -0.15) is 0 Å². The van der Waals surface area contributed by atoms with E-state index in [4.69, 9.17) is 9.76 Å². The number of allylic oxidation sites excluding steroid dienone is 2. The van der Waals surface area contributed by atoms with Crippen molar-refractivity contribution in [2.24, 2.45) is 23.7 Å². The Balaban J connectivity index is 1.57. The standard InChI is InChI=1S/C25H32BNO7/c1-14(2)17-12-19-22(25(32)27(24(19)31)11-5-3-4-6-21(29)30)18-13-20(34-26(33)23(17)18)15-7-9-16(28)10-8-15/h7-10,14,18-20,22,28,33H,3-6,11-13H2,1-2H3,(H,29,30)/t18-,19-,20-,22+/m0/s1. The molecule has 1 aromatic carbocycles. The highest BCUT2D eigenvalue weighted by molar-refractivity contribution is 6.53. The molecule has 0 aromatic heterocycles. The van der Waals surface area contributed by atoms with Crippen LogP contribution in [0.25, 0.3) is 0 Å². The van der Waals surface area contributed by atoms with E-state index in [1.165, 1.54) is 4.90 Å². The lowest BCUT2D eigenvalue weighted by molar-refractivity contribution is -0.141. The fourth-order valence-corrected chi connectivity index (χ4v) is 5.81. The first-order chi connectivity index (χ1) is 16.2. The molecule has 34 heavy (non-hydrogen) atoms. The number of carboxylic acid groups (broad SMARTS) is 1. The van der Waals surface area contributed by atoms with Gasteiger partial charge < -0.3 is 19.9 Å². The highest BCUT2D eigenvalue weighted by Gasteiger charge is 2.57. The Morgan fingerprint density at radius 2 is 1.82 bits per heavy atom. The summed E-state index contributed by atoms with van der Waals surface area (Å²) in [6.07, 6.45) is 2.27. The number of carboxylic acids is 1. The van der Waals surface area contributed by atoms with Crippen LogP contribution >= 0.6 is 0 Å². The van der Waals surface area contributed by atoms with Gasteiger partial charge in [0.2, 0.25) is 11.8 Å². The minimum Gasteiger partial charge on any atom is -0.508 e. The lowest BCUT2D eigenvalue weighted by Crippen LogP contribution is -2.45. The summed E-state index contributed by atoms with van der Waals surface area (Å²) in [5.74, 6) is -2.23. The topological polar surface area (TPSA) is 124 Å². The summed E-state index contributed by atoms with van der Waals surface area (Å²) in [5.41, 5.74) is 2.54. The van der Waals surface area contributed by atoms with Crippen molar-refractivity contribution < 1.29 is 34.3 Å². The van der Waals surface area contributed by atoms with E-state index in [1.54, 1.807) is 24.3 Å². The summed E-state index contributed by atoms with van der Waals surface area (Å²) < 4.78 is 5.97. The molecule has 3 N–H and O–H groups in total. The zero-order valence-electron chi connectivity index (χ0n) is 19.6. The number of carbonyl (C=O) groups excluding carboxylic acids is 2. The molecule has 1 aliphatic carbocycles. The SMILES string of the molecule is CC(C)C1=C2B(O)O[C@H](c3ccc(O)cc3)C[C@H]2[C@H]2C(=O)N(CCCCCC(=O)O)C(=O)[C@H]2C1. The van der Waals surface area contributed by atoms with Gasteiger partial charge in [-0.05, 0) is 60.7 Å². The van der Waals surface area contributed by atoms with E-state index < -0.39 is 31.0 Å². The third-order valence-corrected chi connectivity index (χ3v) is 7.47. The summed E-state index contributed by atoms with van der Waals surface area (Å²) >= 11 is 0. The molecular formula is C25H32BNO7. The van der Waals surface area contributed by atoms with Gasteiger partial charge in [0, 0.05) is 13.0 Å². The highest BCUT2D eigenvalue weighted by Crippen LogP contribution is 2.52. The Labute approximate surface area is 199 Å². The molecule has 2 fully saturated rings. The number of phenolic OH excluding ortho intramolecular Hbond substituents is 1. The van der Waals surface area contributed by atoms with Crippen molar-refractivity contribution in [2.45, 2.75) is 58.5 Å². The Kier molecular flexibility index (Phi) is 7.14. The molecule has 2 heterocycles. The smallest absolute Gasteiger partial charge is 0.487 e. The van der Waals surface area contributed by atoms with E-state index in [0.717, 1.165) is 16.6 Å². The molecule has 4 atom stereocenters. The van der Waals surface area contributed by atoms with E-state index in [0.29, 0.717) is 38.6 Å². The number of carbonyl (C=O) groups is 3. The molecule has 2 aliphatic heterocycles. The zero-order valence-corrected chi connectivity index (χ0v) is 19.6. The molecule has 8 nitrogen and oxygen atoms in total. The number of nitrogens with zero attached hydrogens (tertiary/aromatic N) is 1. The van der Waals surface area contributed by atoms with Crippen LogP contribution in [0.5, 0.6) is 5.75 Å². The number of hydrogen-bond acceptors (Lipinski definition) is 6. The van der Waals surface area contributed by atoms with Crippen LogP contribution < -0.4 is 0 Å². The fourth-order valence-electron chi connectivity index (χ4n) is 5.81. The molecule has 0 bridgehead atoms. The zero-order chi connectivity index (χ0) is 24.6. The molecular weight excluding hydrogens is 437 g/mol. The van der Waals surface area contributed by atoms with Gasteiger partial charge in [0.15, 0.2) is 0 Å². The maximum absolute atomic E-state index is 13.5. The fraction of sp³-hybridized carbons (Fsp3) is 0.560. The van der Waals surface area contributed by atoms with E-state index in [-0.39, 0.29) is 35.8 Å². The second-order valence-electron chi connectivity index (χ2n) is 9.92. The van der Waals surface area contributed by atoms with Gasteiger partial charge in [0.05, 0.1) is 17.9 Å². The predicted octanol–water partition coefficient (Wildman–Crippen LogP) is 3.09.